The number of hydrogen-bond donors (Lipinski definition) is 3. The van der Waals surface area contributed by atoms with Crippen molar-refractivity contribution in [2.75, 3.05) is 0 Å². The fraction of sp³-hybridized carbons (Fsp3) is 0.727. The summed E-state index contributed by atoms with van der Waals surface area (Å²) in [6.07, 6.45) is 3.47. The molecule has 0 bridgehead atoms. The van der Waals surface area contributed by atoms with Crippen LogP contribution in [0, 0.1) is 5.41 Å². The van der Waals surface area contributed by atoms with E-state index in [9.17, 15) is 4.79 Å². The molecule has 100 valence electrons. The van der Waals surface area contributed by atoms with E-state index in [1.165, 1.54) is 0 Å². The second-order valence-electron chi connectivity index (χ2n) is 4.59. The van der Waals surface area contributed by atoms with E-state index in [0.29, 0.717) is 18.7 Å². The van der Waals surface area contributed by atoms with Gasteiger partial charge in [-0.05, 0) is 12.8 Å². The molecule has 3 N–H and O–H groups in total. The quantitative estimate of drug-likeness (QED) is 0.651. The van der Waals surface area contributed by atoms with Crippen molar-refractivity contribution < 1.29 is 19.5 Å². The second kappa shape index (κ2) is 5.70. The number of nitrogens with zero attached hydrogens (tertiary/aromatic N) is 1. The average molecular weight is 255 g/mol. The van der Waals surface area contributed by atoms with Gasteiger partial charge >= 0.3 is 6.16 Å². The maximum Gasteiger partial charge on any atom is 0.512 e. The predicted octanol–water partition coefficient (Wildman–Crippen LogP) is 1.68. The zero-order valence-corrected chi connectivity index (χ0v) is 10.0. The minimum Gasteiger partial charge on any atom is -0.449 e. The summed E-state index contributed by atoms with van der Waals surface area (Å²) < 4.78 is 4.46. The lowest BCUT2D eigenvalue weighted by Crippen LogP contribution is -2.35. The van der Waals surface area contributed by atoms with Crippen LogP contribution in [0.1, 0.15) is 38.5 Å². The molecule has 1 saturated heterocycles. The van der Waals surface area contributed by atoms with Gasteiger partial charge in [-0.15, -0.1) is 0 Å². The van der Waals surface area contributed by atoms with Gasteiger partial charge in [0.05, 0.1) is 12.3 Å². The monoisotopic (exact) mass is 255 g/mol. The van der Waals surface area contributed by atoms with Gasteiger partial charge in [0.15, 0.2) is 0 Å². The first-order chi connectivity index (χ1) is 8.63. The molecule has 2 atom stereocenters. The number of rotatable bonds is 2. The SMILES string of the molecule is N=C1CCCCC(CC2CC(OC(=O)O)=NO2)N1. The van der Waals surface area contributed by atoms with Gasteiger partial charge in [-0.3, -0.25) is 5.41 Å². The van der Waals surface area contributed by atoms with E-state index in [1.54, 1.807) is 0 Å². The average Bonchev–Trinajstić information content (AvgIpc) is 2.59. The van der Waals surface area contributed by atoms with Crippen LogP contribution in [0.2, 0.25) is 0 Å². The zero-order chi connectivity index (χ0) is 13.0. The van der Waals surface area contributed by atoms with E-state index in [0.717, 1.165) is 25.7 Å². The molecule has 0 radical (unpaired) electrons. The van der Waals surface area contributed by atoms with Gasteiger partial charge in [0, 0.05) is 18.9 Å². The van der Waals surface area contributed by atoms with Crippen LogP contribution in [0.25, 0.3) is 0 Å². The van der Waals surface area contributed by atoms with Crippen LogP contribution in [0.5, 0.6) is 0 Å². The molecule has 0 aromatic carbocycles. The van der Waals surface area contributed by atoms with Crippen molar-refractivity contribution in [1.29, 1.82) is 5.41 Å². The van der Waals surface area contributed by atoms with Crippen molar-refractivity contribution in [1.82, 2.24) is 5.32 Å². The predicted molar refractivity (Wildman–Crippen MR) is 63.8 cm³/mol. The fourth-order valence-corrected chi connectivity index (χ4v) is 2.27. The van der Waals surface area contributed by atoms with Gasteiger partial charge in [0.2, 0.25) is 5.90 Å². The Hall–Kier alpha value is -1.79. The molecule has 7 nitrogen and oxygen atoms in total. The lowest BCUT2D eigenvalue weighted by Gasteiger charge is -2.19. The number of nitrogens with one attached hydrogen (secondary N) is 2. The number of amidine groups is 1. The molecule has 0 spiro atoms. The Balaban J connectivity index is 1.77. The molecule has 2 unspecified atom stereocenters. The van der Waals surface area contributed by atoms with Crippen molar-refractivity contribution in [2.45, 2.75) is 50.7 Å². The van der Waals surface area contributed by atoms with E-state index in [4.69, 9.17) is 15.4 Å². The van der Waals surface area contributed by atoms with Gasteiger partial charge in [-0.1, -0.05) is 11.6 Å². The minimum atomic E-state index is -1.37. The molecule has 18 heavy (non-hydrogen) atoms. The van der Waals surface area contributed by atoms with Crippen molar-refractivity contribution in [3.05, 3.63) is 0 Å². The number of ether oxygens (including phenoxy) is 1. The molecule has 2 aliphatic heterocycles. The molecule has 2 aliphatic rings. The zero-order valence-electron chi connectivity index (χ0n) is 10.0. The van der Waals surface area contributed by atoms with Crippen LogP contribution in [0.3, 0.4) is 0 Å². The van der Waals surface area contributed by atoms with Gasteiger partial charge in [0.25, 0.3) is 0 Å². The highest BCUT2D eigenvalue weighted by Gasteiger charge is 2.28. The van der Waals surface area contributed by atoms with Crippen LogP contribution in [-0.4, -0.2) is 35.1 Å². The molecule has 0 aliphatic carbocycles. The highest BCUT2D eigenvalue weighted by Crippen LogP contribution is 2.20. The molecular formula is C11H17N3O4. The van der Waals surface area contributed by atoms with Crippen molar-refractivity contribution >= 4 is 17.9 Å². The smallest absolute Gasteiger partial charge is 0.449 e. The molecule has 0 saturated carbocycles. The first-order valence-electron chi connectivity index (χ1n) is 6.11. The van der Waals surface area contributed by atoms with E-state index >= 15 is 0 Å². The molecule has 0 amide bonds. The molecule has 1 fully saturated rings. The van der Waals surface area contributed by atoms with Crippen LogP contribution in [0.15, 0.2) is 5.16 Å². The first-order valence-corrected chi connectivity index (χ1v) is 6.11. The van der Waals surface area contributed by atoms with Crippen molar-refractivity contribution in [2.24, 2.45) is 5.16 Å². The normalized spacial score (nSPS) is 27.8. The number of oxime groups is 1. The maximum absolute atomic E-state index is 10.3. The highest BCUT2D eigenvalue weighted by molar-refractivity contribution is 5.86. The lowest BCUT2D eigenvalue weighted by atomic mass is 10.0. The van der Waals surface area contributed by atoms with E-state index in [-0.39, 0.29) is 18.0 Å². The standard InChI is InChI=1S/C11H17N3O4/c12-9-4-2-1-3-7(13-9)5-8-6-10(14-18-8)17-11(15)16/h7-8H,1-6H2,(H2,12,13)(H,15,16). The molecular weight excluding hydrogens is 238 g/mol. The third-order valence-electron chi connectivity index (χ3n) is 3.07. The van der Waals surface area contributed by atoms with Crippen molar-refractivity contribution in [3.63, 3.8) is 0 Å². The molecule has 0 aromatic rings. The number of hydrogen-bond acceptors (Lipinski definition) is 5. The Bertz CT molecular complexity index is 369. The first kappa shape index (κ1) is 12.7. The Kier molecular flexibility index (Phi) is 4.01. The third-order valence-corrected chi connectivity index (χ3v) is 3.07. The van der Waals surface area contributed by atoms with Crippen LogP contribution >= 0.6 is 0 Å². The van der Waals surface area contributed by atoms with E-state index in [2.05, 4.69) is 15.2 Å². The Morgan fingerprint density at radius 1 is 1.61 bits per heavy atom. The van der Waals surface area contributed by atoms with Gasteiger partial charge < -0.3 is 20.0 Å². The summed E-state index contributed by atoms with van der Waals surface area (Å²) in [6.45, 7) is 0. The molecule has 0 aromatic heterocycles. The van der Waals surface area contributed by atoms with Gasteiger partial charge in [0.1, 0.15) is 6.10 Å². The van der Waals surface area contributed by atoms with Crippen molar-refractivity contribution in [3.8, 4) is 0 Å². The summed E-state index contributed by atoms with van der Waals surface area (Å²) in [5.74, 6) is 0.676. The summed E-state index contributed by atoms with van der Waals surface area (Å²) >= 11 is 0. The summed E-state index contributed by atoms with van der Waals surface area (Å²) in [5, 5.41) is 22.9. The van der Waals surface area contributed by atoms with Crippen LogP contribution < -0.4 is 5.32 Å². The number of carboxylic acid groups (broad SMARTS) is 1. The fourth-order valence-electron chi connectivity index (χ4n) is 2.27. The Morgan fingerprint density at radius 3 is 3.22 bits per heavy atom. The molecule has 7 heteroatoms. The summed E-state index contributed by atoms with van der Waals surface area (Å²) in [5.41, 5.74) is 0. The topological polar surface area (TPSA) is 104 Å². The number of carbonyl (C=O) groups is 1. The summed E-state index contributed by atoms with van der Waals surface area (Å²) in [4.78, 5) is 15.5. The van der Waals surface area contributed by atoms with E-state index in [1.807, 2.05) is 0 Å². The highest BCUT2D eigenvalue weighted by atomic mass is 16.7. The molecule has 2 rings (SSSR count). The molecule has 2 heterocycles. The summed E-state index contributed by atoms with van der Waals surface area (Å²) in [6, 6.07) is 0.198. The third kappa shape index (κ3) is 3.61. The van der Waals surface area contributed by atoms with Gasteiger partial charge in [-0.2, -0.15) is 0 Å². The largest absolute Gasteiger partial charge is 0.512 e. The second-order valence-corrected chi connectivity index (χ2v) is 4.59. The minimum absolute atomic E-state index is 0.108. The van der Waals surface area contributed by atoms with Crippen LogP contribution in [-0.2, 0) is 9.57 Å². The van der Waals surface area contributed by atoms with E-state index < -0.39 is 6.16 Å². The Labute approximate surface area is 105 Å². The lowest BCUT2D eigenvalue weighted by molar-refractivity contribution is 0.0712. The Morgan fingerprint density at radius 2 is 2.44 bits per heavy atom. The summed E-state index contributed by atoms with van der Waals surface area (Å²) in [7, 11) is 0. The van der Waals surface area contributed by atoms with Gasteiger partial charge in [-0.25, -0.2) is 4.79 Å². The van der Waals surface area contributed by atoms with Crippen LogP contribution in [0.4, 0.5) is 4.79 Å². The maximum atomic E-state index is 10.3.